The molecule has 1 heterocycles. The summed E-state index contributed by atoms with van der Waals surface area (Å²) in [6, 6.07) is 6.21. The van der Waals surface area contributed by atoms with Crippen LogP contribution >= 0.6 is 0 Å². The predicted octanol–water partition coefficient (Wildman–Crippen LogP) is -0.289. The second-order valence-corrected chi connectivity index (χ2v) is 4.50. The van der Waals surface area contributed by atoms with Gasteiger partial charge >= 0.3 is 11.9 Å². The van der Waals surface area contributed by atoms with Gasteiger partial charge < -0.3 is 10.2 Å². The van der Waals surface area contributed by atoms with E-state index in [1.165, 1.54) is 12.1 Å². The maximum absolute atomic E-state index is 12.1. The van der Waals surface area contributed by atoms with Gasteiger partial charge in [-0.05, 0) is 12.1 Å². The number of imide groups is 1. The fourth-order valence-corrected chi connectivity index (χ4v) is 2.11. The van der Waals surface area contributed by atoms with Crippen molar-refractivity contribution in [1.29, 1.82) is 0 Å². The SMILES string of the molecule is O=C(O)CN(CC(=O)O)CN1C(=O)c2ccccc2C1=O. The van der Waals surface area contributed by atoms with Crippen LogP contribution in [-0.4, -0.2) is 63.5 Å². The van der Waals surface area contributed by atoms with Gasteiger partial charge in [0.05, 0.1) is 30.9 Å². The fraction of sp³-hybridized carbons (Fsp3) is 0.231. The molecular formula is C13H12N2O6. The molecule has 1 aromatic rings. The number of aliphatic carboxylic acids is 2. The monoisotopic (exact) mass is 292 g/mol. The Hall–Kier alpha value is -2.74. The molecule has 8 nitrogen and oxygen atoms in total. The van der Waals surface area contributed by atoms with Crippen molar-refractivity contribution < 1.29 is 29.4 Å². The maximum Gasteiger partial charge on any atom is 0.317 e. The maximum atomic E-state index is 12.1. The van der Waals surface area contributed by atoms with Crippen molar-refractivity contribution in [2.45, 2.75) is 0 Å². The van der Waals surface area contributed by atoms with Gasteiger partial charge in [-0.1, -0.05) is 12.1 Å². The minimum atomic E-state index is -1.24. The van der Waals surface area contributed by atoms with Gasteiger partial charge in [0.1, 0.15) is 0 Å². The number of rotatable bonds is 6. The number of hydrogen-bond acceptors (Lipinski definition) is 5. The van der Waals surface area contributed by atoms with Gasteiger partial charge in [-0.3, -0.25) is 29.0 Å². The number of amides is 2. The van der Waals surface area contributed by atoms with Gasteiger partial charge in [0.2, 0.25) is 0 Å². The topological polar surface area (TPSA) is 115 Å². The zero-order chi connectivity index (χ0) is 15.6. The Morgan fingerprint density at radius 3 is 1.76 bits per heavy atom. The third kappa shape index (κ3) is 3.06. The molecule has 1 aromatic carbocycles. The van der Waals surface area contributed by atoms with Crippen LogP contribution < -0.4 is 0 Å². The molecule has 1 aliphatic heterocycles. The van der Waals surface area contributed by atoms with Crippen LogP contribution in [0.25, 0.3) is 0 Å². The summed E-state index contributed by atoms with van der Waals surface area (Å²) in [6.07, 6.45) is 0. The first-order chi connectivity index (χ1) is 9.90. The smallest absolute Gasteiger partial charge is 0.317 e. The summed E-state index contributed by atoms with van der Waals surface area (Å²) < 4.78 is 0. The molecule has 2 amide bonds. The quantitative estimate of drug-likeness (QED) is 0.692. The van der Waals surface area contributed by atoms with Crippen molar-refractivity contribution in [1.82, 2.24) is 9.80 Å². The Labute approximate surface area is 119 Å². The van der Waals surface area contributed by atoms with Crippen LogP contribution in [0.15, 0.2) is 24.3 Å². The van der Waals surface area contributed by atoms with Crippen molar-refractivity contribution in [2.75, 3.05) is 19.8 Å². The third-order valence-corrected chi connectivity index (χ3v) is 2.94. The van der Waals surface area contributed by atoms with E-state index in [2.05, 4.69) is 0 Å². The largest absolute Gasteiger partial charge is 0.480 e. The van der Waals surface area contributed by atoms with E-state index in [0.717, 1.165) is 9.80 Å². The van der Waals surface area contributed by atoms with Crippen molar-refractivity contribution in [3.8, 4) is 0 Å². The first kappa shape index (κ1) is 14.7. The van der Waals surface area contributed by atoms with Crippen molar-refractivity contribution in [3.05, 3.63) is 35.4 Å². The summed E-state index contributed by atoms with van der Waals surface area (Å²) in [4.78, 5) is 47.5. The molecule has 0 spiro atoms. The molecule has 0 saturated heterocycles. The summed E-state index contributed by atoms with van der Waals surface area (Å²) in [7, 11) is 0. The van der Waals surface area contributed by atoms with Crippen molar-refractivity contribution in [2.24, 2.45) is 0 Å². The lowest BCUT2D eigenvalue weighted by molar-refractivity contribution is -0.142. The number of carboxylic acids is 2. The number of carbonyl (C=O) groups excluding carboxylic acids is 2. The number of nitrogens with zero attached hydrogens (tertiary/aromatic N) is 2. The minimum Gasteiger partial charge on any atom is -0.480 e. The molecule has 0 atom stereocenters. The van der Waals surface area contributed by atoms with E-state index in [9.17, 15) is 19.2 Å². The highest BCUT2D eigenvalue weighted by Gasteiger charge is 2.36. The summed E-state index contributed by atoms with van der Waals surface area (Å²) in [6.45, 7) is -1.55. The van der Waals surface area contributed by atoms with Crippen LogP contribution in [0.4, 0.5) is 0 Å². The average molecular weight is 292 g/mol. The molecule has 0 radical (unpaired) electrons. The van der Waals surface area contributed by atoms with Gasteiger partial charge in [0.15, 0.2) is 0 Å². The van der Waals surface area contributed by atoms with Gasteiger partial charge in [-0.25, -0.2) is 0 Å². The first-order valence-electron chi connectivity index (χ1n) is 6.01. The van der Waals surface area contributed by atoms with Crippen LogP contribution in [0, 0.1) is 0 Å². The zero-order valence-corrected chi connectivity index (χ0v) is 10.9. The van der Waals surface area contributed by atoms with Gasteiger partial charge in [-0.15, -0.1) is 0 Å². The van der Waals surface area contributed by atoms with Gasteiger partial charge in [0, 0.05) is 0 Å². The molecular weight excluding hydrogens is 280 g/mol. The van der Waals surface area contributed by atoms with Crippen molar-refractivity contribution in [3.63, 3.8) is 0 Å². The Morgan fingerprint density at radius 1 is 0.952 bits per heavy atom. The second-order valence-electron chi connectivity index (χ2n) is 4.50. The number of benzene rings is 1. The van der Waals surface area contributed by atoms with E-state index in [-0.39, 0.29) is 17.8 Å². The molecule has 8 heteroatoms. The van der Waals surface area contributed by atoms with Crippen molar-refractivity contribution >= 4 is 23.8 Å². The Balaban J connectivity index is 2.18. The lowest BCUT2D eigenvalue weighted by atomic mass is 10.1. The number of hydrogen-bond donors (Lipinski definition) is 2. The highest BCUT2D eigenvalue weighted by Crippen LogP contribution is 2.22. The van der Waals surface area contributed by atoms with E-state index in [4.69, 9.17) is 10.2 Å². The van der Waals surface area contributed by atoms with Crippen LogP contribution in [-0.2, 0) is 9.59 Å². The Morgan fingerprint density at radius 2 is 1.38 bits per heavy atom. The highest BCUT2D eigenvalue weighted by atomic mass is 16.4. The summed E-state index contributed by atoms with van der Waals surface area (Å²) in [5.74, 6) is -3.60. The molecule has 0 aromatic heterocycles. The molecule has 0 bridgehead atoms. The molecule has 0 saturated carbocycles. The molecule has 1 aliphatic rings. The van der Waals surface area contributed by atoms with Gasteiger partial charge in [-0.2, -0.15) is 0 Å². The number of fused-ring (bicyclic) bond motifs is 1. The van der Waals surface area contributed by atoms with Crippen LogP contribution in [0.5, 0.6) is 0 Å². The molecule has 0 unspecified atom stereocenters. The van der Waals surface area contributed by atoms with E-state index in [1.807, 2.05) is 0 Å². The van der Waals surface area contributed by atoms with E-state index < -0.39 is 36.8 Å². The zero-order valence-electron chi connectivity index (χ0n) is 10.9. The lowest BCUT2D eigenvalue weighted by Crippen LogP contribution is -2.45. The first-order valence-corrected chi connectivity index (χ1v) is 6.01. The van der Waals surface area contributed by atoms with E-state index in [1.54, 1.807) is 12.1 Å². The predicted molar refractivity (Wildman–Crippen MR) is 68.7 cm³/mol. The molecule has 2 rings (SSSR count). The summed E-state index contributed by atoms with van der Waals surface area (Å²) in [5, 5.41) is 17.5. The van der Waals surface area contributed by atoms with Gasteiger partial charge in [0.25, 0.3) is 11.8 Å². The van der Waals surface area contributed by atoms with Crippen LogP contribution in [0.2, 0.25) is 0 Å². The minimum absolute atomic E-state index is 0.230. The second kappa shape index (κ2) is 5.71. The lowest BCUT2D eigenvalue weighted by Gasteiger charge is -2.23. The fourth-order valence-electron chi connectivity index (χ4n) is 2.11. The van der Waals surface area contributed by atoms with Crippen LogP contribution in [0.3, 0.4) is 0 Å². The molecule has 0 fully saturated rings. The van der Waals surface area contributed by atoms with E-state index >= 15 is 0 Å². The summed E-state index contributed by atoms with van der Waals surface area (Å²) in [5.41, 5.74) is 0.459. The summed E-state index contributed by atoms with van der Waals surface area (Å²) >= 11 is 0. The molecule has 2 N–H and O–H groups in total. The molecule has 21 heavy (non-hydrogen) atoms. The standard InChI is InChI=1S/C13H12N2O6/c16-10(17)5-14(6-11(18)19)7-15-12(20)8-3-1-2-4-9(8)13(15)21/h1-4H,5-7H2,(H,16,17)(H,18,19). The molecule has 110 valence electrons. The average Bonchev–Trinajstić information content (AvgIpc) is 2.63. The molecule has 0 aliphatic carbocycles. The number of carbonyl (C=O) groups is 4. The number of carboxylic acid groups (broad SMARTS) is 2. The van der Waals surface area contributed by atoms with Crippen LogP contribution in [0.1, 0.15) is 20.7 Å². The Kier molecular flexibility index (Phi) is 3.99. The Bertz CT molecular complexity index is 576. The van der Waals surface area contributed by atoms with E-state index in [0.29, 0.717) is 0 Å². The normalized spacial score (nSPS) is 13.7. The third-order valence-electron chi connectivity index (χ3n) is 2.94. The highest BCUT2D eigenvalue weighted by molar-refractivity contribution is 6.21.